The van der Waals surface area contributed by atoms with Gasteiger partial charge in [-0.25, -0.2) is 4.39 Å². The first-order valence-corrected chi connectivity index (χ1v) is 8.81. The Morgan fingerprint density at radius 2 is 1.88 bits per heavy atom. The van der Waals surface area contributed by atoms with Crippen LogP contribution in [0.4, 0.5) is 10.1 Å². The smallest absolute Gasteiger partial charge is 0.261 e. The van der Waals surface area contributed by atoms with Crippen molar-refractivity contribution in [3.63, 3.8) is 0 Å². The molecule has 3 aromatic rings. The van der Waals surface area contributed by atoms with Gasteiger partial charge >= 0.3 is 0 Å². The molecule has 0 aliphatic heterocycles. The van der Waals surface area contributed by atoms with Gasteiger partial charge in [0.05, 0.1) is 21.2 Å². The van der Waals surface area contributed by atoms with E-state index in [1.807, 2.05) is 4.57 Å². The molecule has 1 saturated carbocycles. The highest BCUT2D eigenvalue weighted by Crippen LogP contribution is 2.37. The summed E-state index contributed by atoms with van der Waals surface area (Å²) in [5.41, 5.74) is 0.320. The predicted molar refractivity (Wildman–Crippen MR) is 101 cm³/mol. The summed E-state index contributed by atoms with van der Waals surface area (Å²) >= 11 is 11.9. The fourth-order valence-electron chi connectivity index (χ4n) is 2.91. The summed E-state index contributed by atoms with van der Waals surface area (Å²) in [7, 11) is 0. The minimum absolute atomic E-state index is 0.0560. The summed E-state index contributed by atoms with van der Waals surface area (Å²) in [6.45, 7) is 0. The van der Waals surface area contributed by atoms with Gasteiger partial charge in [-0.3, -0.25) is 9.59 Å². The Bertz CT molecular complexity index is 1110. The van der Waals surface area contributed by atoms with E-state index >= 15 is 0 Å². The lowest BCUT2D eigenvalue weighted by atomic mass is 10.1. The second-order valence-electron chi connectivity index (χ2n) is 6.23. The minimum Gasteiger partial charge on any atom is -0.343 e. The highest BCUT2D eigenvalue weighted by molar-refractivity contribution is 6.34. The van der Waals surface area contributed by atoms with Crippen LogP contribution in [-0.2, 0) is 0 Å². The van der Waals surface area contributed by atoms with Crippen LogP contribution in [0.3, 0.4) is 0 Å². The van der Waals surface area contributed by atoms with Gasteiger partial charge in [-0.05, 0) is 37.1 Å². The number of rotatable bonds is 3. The van der Waals surface area contributed by atoms with Crippen molar-refractivity contribution in [2.24, 2.45) is 0 Å². The molecule has 1 fully saturated rings. The van der Waals surface area contributed by atoms with Crippen molar-refractivity contribution in [2.45, 2.75) is 18.9 Å². The minimum atomic E-state index is -0.692. The van der Waals surface area contributed by atoms with Crippen molar-refractivity contribution in [3.05, 3.63) is 74.2 Å². The van der Waals surface area contributed by atoms with Crippen LogP contribution >= 0.6 is 23.2 Å². The van der Waals surface area contributed by atoms with Gasteiger partial charge in [-0.2, -0.15) is 0 Å². The van der Waals surface area contributed by atoms with Gasteiger partial charge in [0, 0.05) is 17.6 Å². The van der Waals surface area contributed by atoms with Gasteiger partial charge in [0.25, 0.3) is 5.91 Å². The number of amides is 1. The third kappa shape index (κ3) is 2.97. The van der Waals surface area contributed by atoms with Crippen LogP contribution in [0.2, 0.25) is 10.0 Å². The fourth-order valence-corrected chi connectivity index (χ4v) is 3.25. The maximum atomic E-state index is 13.9. The molecule has 1 aliphatic rings. The Hall–Kier alpha value is -2.37. The molecular formula is C19H13Cl2FN2O2. The third-order valence-electron chi connectivity index (χ3n) is 4.38. The topological polar surface area (TPSA) is 51.1 Å². The molecule has 4 rings (SSSR count). The van der Waals surface area contributed by atoms with Gasteiger partial charge in [-0.1, -0.05) is 35.3 Å². The number of para-hydroxylation sites is 1. The molecule has 1 amide bonds. The van der Waals surface area contributed by atoms with Crippen LogP contribution in [0.25, 0.3) is 10.9 Å². The van der Waals surface area contributed by atoms with E-state index in [0.717, 1.165) is 18.9 Å². The number of halogens is 3. The number of hydrogen-bond donors (Lipinski definition) is 1. The first kappa shape index (κ1) is 17.1. The number of carbonyl (C=O) groups excluding carboxylic acids is 1. The first-order valence-electron chi connectivity index (χ1n) is 8.05. The molecule has 0 radical (unpaired) electrons. The summed E-state index contributed by atoms with van der Waals surface area (Å²) < 4.78 is 15.7. The summed E-state index contributed by atoms with van der Waals surface area (Å²) in [5.74, 6) is -1.28. The standard InChI is InChI=1S/C19H13Cl2FN2O2/c20-13-3-1-2-4-16(13)23-19(26)12-9-24(10-5-6-10)17-8-14(21)15(22)7-11(17)18(12)25/h1-4,7-10H,5-6H2,(H,23,26). The Morgan fingerprint density at radius 1 is 1.15 bits per heavy atom. The van der Waals surface area contributed by atoms with Crippen LogP contribution in [0.15, 0.2) is 47.4 Å². The Balaban J connectivity index is 1.86. The molecule has 0 unspecified atom stereocenters. The molecule has 0 atom stereocenters. The molecule has 26 heavy (non-hydrogen) atoms. The molecule has 0 bridgehead atoms. The van der Waals surface area contributed by atoms with Crippen molar-refractivity contribution in [2.75, 3.05) is 5.32 Å². The van der Waals surface area contributed by atoms with Crippen molar-refractivity contribution < 1.29 is 9.18 Å². The third-order valence-corrected chi connectivity index (χ3v) is 5.00. The van der Waals surface area contributed by atoms with E-state index < -0.39 is 17.2 Å². The summed E-state index contributed by atoms with van der Waals surface area (Å²) in [6.07, 6.45) is 3.37. The Morgan fingerprint density at radius 3 is 2.58 bits per heavy atom. The molecule has 1 heterocycles. The number of carbonyl (C=O) groups is 1. The van der Waals surface area contributed by atoms with E-state index in [1.165, 1.54) is 12.3 Å². The molecule has 132 valence electrons. The predicted octanol–water partition coefficient (Wildman–Crippen LogP) is 5.03. The number of aromatic nitrogens is 1. The number of fused-ring (bicyclic) bond motifs is 1. The molecule has 0 spiro atoms. The quantitative estimate of drug-likeness (QED) is 0.681. The molecule has 2 aromatic carbocycles. The monoisotopic (exact) mass is 390 g/mol. The van der Waals surface area contributed by atoms with Gasteiger partial charge in [0.15, 0.2) is 0 Å². The molecule has 1 aliphatic carbocycles. The molecule has 4 nitrogen and oxygen atoms in total. The number of hydrogen-bond acceptors (Lipinski definition) is 2. The van der Waals surface area contributed by atoms with Gasteiger partial charge in [-0.15, -0.1) is 0 Å². The highest BCUT2D eigenvalue weighted by atomic mass is 35.5. The average molecular weight is 391 g/mol. The zero-order chi connectivity index (χ0) is 18.4. The zero-order valence-electron chi connectivity index (χ0n) is 13.4. The highest BCUT2D eigenvalue weighted by Gasteiger charge is 2.27. The average Bonchev–Trinajstić information content (AvgIpc) is 3.44. The molecule has 1 N–H and O–H groups in total. The van der Waals surface area contributed by atoms with Crippen LogP contribution < -0.4 is 10.7 Å². The Labute approximate surface area is 158 Å². The second-order valence-corrected chi connectivity index (χ2v) is 7.04. The maximum Gasteiger partial charge on any atom is 0.261 e. The molecule has 1 aromatic heterocycles. The molecule has 0 saturated heterocycles. The summed E-state index contributed by atoms with van der Waals surface area (Å²) in [4.78, 5) is 25.5. The van der Waals surface area contributed by atoms with E-state index in [1.54, 1.807) is 24.3 Å². The van der Waals surface area contributed by atoms with Gasteiger partial charge in [0.1, 0.15) is 11.4 Å². The Kier molecular flexibility index (Phi) is 4.21. The lowest BCUT2D eigenvalue weighted by Gasteiger charge is -2.14. The lowest BCUT2D eigenvalue weighted by molar-refractivity contribution is 0.102. The fraction of sp³-hybridized carbons (Fsp3) is 0.158. The van der Waals surface area contributed by atoms with Gasteiger partial charge in [0.2, 0.25) is 5.43 Å². The number of nitrogens with zero attached hydrogens (tertiary/aromatic N) is 1. The van der Waals surface area contributed by atoms with Crippen molar-refractivity contribution >= 4 is 45.7 Å². The summed E-state index contributed by atoms with van der Waals surface area (Å²) in [6, 6.07) is 9.43. The number of anilines is 1. The van der Waals surface area contributed by atoms with Crippen LogP contribution in [0.1, 0.15) is 29.2 Å². The van der Waals surface area contributed by atoms with Crippen LogP contribution in [0.5, 0.6) is 0 Å². The summed E-state index contributed by atoms with van der Waals surface area (Å²) in [5, 5.41) is 3.08. The van der Waals surface area contributed by atoms with E-state index in [4.69, 9.17) is 23.2 Å². The largest absolute Gasteiger partial charge is 0.343 e. The zero-order valence-corrected chi connectivity index (χ0v) is 14.9. The number of nitrogens with one attached hydrogen (secondary N) is 1. The van der Waals surface area contributed by atoms with Crippen LogP contribution in [0, 0.1) is 5.82 Å². The second kappa shape index (κ2) is 6.41. The van der Waals surface area contributed by atoms with E-state index in [0.29, 0.717) is 16.2 Å². The number of benzene rings is 2. The maximum absolute atomic E-state index is 13.9. The van der Waals surface area contributed by atoms with E-state index in [2.05, 4.69) is 5.32 Å². The van der Waals surface area contributed by atoms with E-state index in [9.17, 15) is 14.0 Å². The normalized spacial score (nSPS) is 13.8. The van der Waals surface area contributed by atoms with Crippen molar-refractivity contribution in [1.82, 2.24) is 4.57 Å². The molecule has 7 heteroatoms. The van der Waals surface area contributed by atoms with Crippen molar-refractivity contribution in [1.29, 1.82) is 0 Å². The first-order chi connectivity index (χ1) is 12.5. The SMILES string of the molecule is O=C(Nc1ccccc1Cl)c1cn(C2CC2)c2cc(Cl)c(F)cc2c1=O. The van der Waals surface area contributed by atoms with Gasteiger partial charge < -0.3 is 9.88 Å². The van der Waals surface area contributed by atoms with Crippen LogP contribution in [-0.4, -0.2) is 10.5 Å². The van der Waals surface area contributed by atoms with Crippen molar-refractivity contribution in [3.8, 4) is 0 Å². The van der Waals surface area contributed by atoms with E-state index in [-0.39, 0.29) is 22.0 Å². The lowest BCUT2D eigenvalue weighted by Crippen LogP contribution is -2.24. The molecular weight excluding hydrogens is 378 g/mol. The number of pyridine rings is 1.